The molecule has 3 aromatic rings. The molecule has 1 aromatic heterocycles. The highest BCUT2D eigenvalue weighted by atomic mass is 32.2. The maximum atomic E-state index is 13.4. The summed E-state index contributed by atoms with van der Waals surface area (Å²) in [6.45, 7) is 8.94. The molecule has 2 aromatic carbocycles. The van der Waals surface area contributed by atoms with Gasteiger partial charge in [0.2, 0.25) is 5.91 Å². The number of fused-ring (bicyclic) bond motifs is 1. The van der Waals surface area contributed by atoms with E-state index in [1.165, 1.54) is 16.4 Å². The number of sulfonamides is 1. The van der Waals surface area contributed by atoms with Crippen LogP contribution in [0.5, 0.6) is 0 Å². The monoisotopic (exact) mass is 527 g/mol. The molecule has 2 heterocycles. The molecule has 0 saturated carbocycles. The lowest BCUT2D eigenvalue weighted by atomic mass is 9.94. The summed E-state index contributed by atoms with van der Waals surface area (Å²) in [5, 5.41) is 0. The van der Waals surface area contributed by atoms with Crippen molar-refractivity contribution in [2.24, 2.45) is 11.7 Å². The van der Waals surface area contributed by atoms with Crippen LogP contribution in [-0.4, -0.2) is 57.7 Å². The first-order valence-electron chi connectivity index (χ1n) is 12.5. The van der Waals surface area contributed by atoms with E-state index in [0.717, 1.165) is 49.5 Å². The minimum Gasteiger partial charge on any atom is -0.381 e. The Morgan fingerprint density at radius 1 is 1.08 bits per heavy atom. The number of primary amides is 1. The summed E-state index contributed by atoms with van der Waals surface area (Å²) in [6, 6.07) is 12.1. The molecule has 37 heavy (non-hydrogen) atoms. The van der Waals surface area contributed by atoms with Gasteiger partial charge in [0.25, 0.3) is 10.0 Å². The SMILES string of the molecule is CN(CC(N)=O)c1ccc(S(=O)(=O)N(C)c2ccc3c(c2)nc(C(C)(C)C)n3CC2CCOCC2)cc1. The summed E-state index contributed by atoms with van der Waals surface area (Å²) in [7, 11) is -0.532. The molecule has 0 bridgehead atoms. The van der Waals surface area contributed by atoms with Crippen LogP contribution in [-0.2, 0) is 31.5 Å². The van der Waals surface area contributed by atoms with Crippen molar-refractivity contribution < 1.29 is 17.9 Å². The van der Waals surface area contributed by atoms with E-state index >= 15 is 0 Å². The van der Waals surface area contributed by atoms with Gasteiger partial charge in [-0.1, -0.05) is 20.8 Å². The van der Waals surface area contributed by atoms with Crippen LogP contribution in [0, 0.1) is 5.92 Å². The van der Waals surface area contributed by atoms with E-state index in [0.29, 0.717) is 17.3 Å². The number of nitrogens with zero attached hydrogens (tertiary/aromatic N) is 4. The third-order valence-electron chi connectivity index (χ3n) is 6.88. The van der Waals surface area contributed by atoms with Gasteiger partial charge in [0, 0.05) is 45.0 Å². The second-order valence-electron chi connectivity index (χ2n) is 10.8. The lowest BCUT2D eigenvalue weighted by Gasteiger charge is -2.26. The molecule has 10 heteroatoms. The Balaban J connectivity index is 1.64. The minimum absolute atomic E-state index is 0.0454. The predicted molar refractivity (Wildman–Crippen MR) is 146 cm³/mol. The van der Waals surface area contributed by atoms with E-state index < -0.39 is 15.9 Å². The van der Waals surface area contributed by atoms with Gasteiger partial charge in [-0.25, -0.2) is 13.4 Å². The summed E-state index contributed by atoms with van der Waals surface area (Å²) < 4.78 is 36.0. The van der Waals surface area contributed by atoms with E-state index in [-0.39, 0.29) is 16.9 Å². The van der Waals surface area contributed by atoms with Gasteiger partial charge in [-0.3, -0.25) is 9.10 Å². The van der Waals surface area contributed by atoms with Gasteiger partial charge in [0.1, 0.15) is 5.82 Å². The Kier molecular flexibility index (Phi) is 7.52. The topological polar surface area (TPSA) is 111 Å². The van der Waals surface area contributed by atoms with Crippen LogP contribution in [0.25, 0.3) is 11.0 Å². The molecule has 0 atom stereocenters. The molecule has 0 radical (unpaired) electrons. The Labute approximate surface area is 219 Å². The highest BCUT2D eigenvalue weighted by Crippen LogP contribution is 2.32. The fraction of sp³-hybridized carbons (Fsp3) is 0.481. The molecule has 0 unspecified atom stereocenters. The zero-order valence-corrected chi connectivity index (χ0v) is 23.1. The van der Waals surface area contributed by atoms with Gasteiger partial charge in [-0.15, -0.1) is 0 Å². The summed E-state index contributed by atoms with van der Waals surface area (Å²) in [5.41, 5.74) is 8.12. The molecule has 4 rings (SSSR count). The molecular formula is C27H37N5O4S. The first-order valence-corrected chi connectivity index (χ1v) is 14.0. The van der Waals surface area contributed by atoms with Crippen molar-refractivity contribution >= 4 is 38.3 Å². The maximum Gasteiger partial charge on any atom is 0.264 e. The highest BCUT2D eigenvalue weighted by Gasteiger charge is 2.27. The number of likely N-dealkylation sites (N-methyl/N-ethyl adjacent to an activating group) is 1. The third kappa shape index (κ3) is 5.75. The van der Waals surface area contributed by atoms with E-state index in [1.54, 1.807) is 31.1 Å². The van der Waals surface area contributed by atoms with Gasteiger partial charge in [-0.2, -0.15) is 0 Å². The van der Waals surface area contributed by atoms with E-state index in [2.05, 4.69) is 25.3 Å². The van der Waals surface area contributed by atoms with Crippen LogP contribution in [0.4, 0.5) is 11.4 Å². The number of nitrogens with two attached hydrogens (primary N) is 1. The van der Waals surface area contributed by atoms with Crippen LogP contribution < -0.4 is 14.9 Å². The van der Waals surface area contributed by atoms with Gasteiger partial charge < -0.3 is 19.9 Å². The zero-order chi connectivity index (χ0) is 27.0. The predicted octanol–water partition coefficient (Wildman–Crippen LogP) is 3.51. The number of amides is 1. The molecular weight excluding hydrogens is 490 g/mol. The first-order chi connectivity index (χ1) is 17.4. The lowest BCUT2D eigenvalue weighted by molar-refractivity contribution is -0.116. The maximum absolute atomic E-state index is 13.4. The van der Waals surface area contributed by atoms with Gasteiger partial charge in [0.05, 0.1) is 28.2 Å². The molecule has 200 valence electrons. The number of aromatic nitrogens is 2. The summed E-state index contributed by atoms with van der Waals surface area (Å²) in [5.74, 6) is 1.06. The van der Waals surface area contributed by atoms with E-state index in [4.69, 9.17) is 15.5 Å². The lowest BCUT2D eigenvalue weighted by Crippen LogP contribution is -2.30. The molecule has 1 saturated heterocycles. The molecule has 1 aliphatic rings. The van der Waals surface area contributed by atoms with Crippen molar-refractivity contribution in [1.29, 1.82) is 0 Å². The zero-order valence-electron chi connectivity index (χ0n) is 22.3. The number of ether oxygens (including phenoxy) is 1. The van der Waals surface area contributed by atoms with Crippen LogP contribution in [0.2, 0.25) is 0 Å². The normalized spacial score (nSPS) is 15.2. The summed E-state index contributed by atoms with van der Waals surface area (Å²) >= 11 is 0. The molecule has 0 aliphatic carbocycles. The van der Waals surface area contributed by atoms with Crippen molar-refractivity contribution in [3.05, 3.63) is 48.3 Å². The Morgan fingerprint density at radius 3 is 2.30 bits per heavy atom. The van der Waals surface area contributed by atoms with Crippen molar-refractivity contribution in [2.75, 3.05) is 43.1 Å². The average Bonchev–Trinajstić information content (AvgIpc) is 3.22. The quantitative estimate of drug-likeness (QED) is 0.480. The highest BCUT2D eigenvalue weighted by molar-refractivity contribution is 7.92. The number of rotatable bonds is 8. The number of carbonyl (C=O) groups is 1. The van der Waals surface area contributed by atoms with Crippen molar-refractivity contribution in [1.82, 2.24) is 9.55 Å². The van der Waals surface area contributed by atoms with Crippen molar-refractivity contribution in [3.63, 3.8) is 0 Å². The summed E-state index contributed by atoms with van der Waals surface area (Å²) in [6.07, 6.45) is 2.05. The molecule has 1 fully saturated rings. The minimum atomic E-state index is -3.81. The van der Waals surface area contributed by atoms with Gasteiger partial charge >= 0.3 is 0 Å². The van der Waals surface area contributed by atoms with Crippen LogP contribution >= 0.6 is 0 Å². The third-order valence-corrected chi connectivity index (χ3v) is 8.68. The Bertz CT molecular complexity index is 1370. The Morgan fingerprint density at radius 2 is 1.70 bits per heavy atom. The van der Waals surface area contributed by atoms with Crippen LogP contribution in [0.3, 0.4) is 0 Å². The number of hydrogen-bond acceptors (Lipinski definition) is 6. The number of anilines is 2. The number of benzene rings is 2. The summed E-state index contributed by atoms with van der Waals surface area (Å²) in [4.78, 5) is 18.0. The standard InChI is InChI=1S/C27H37N5O4S/c1-27(2,3)26-29-23-16-21(8-11-24(23)32(26)17-19-12-14-36-15-13-19)31(5)37(34,35)22-9-6-20(7-10-22)30(4)18-25(28)33/h6-11,16,19H,12-15,17-18H2,1-5H3,(H2,28,33). The molecule has 9 nitrogen and oxygen atoms in total. The fourth-order valence-electron chi connectivity index (χ4n) is 4.75. The van der Waals surface area contributed by atoms with Crippen LogP contribution in [0.15, 0.2) is 47.4 Å². The Hall–Kier alpha value is -3.11. The van der Waals surface area contributed by atoms with Gasteiger partial charge in [-0.05, 0) is 61.2 Å². The smallest absolute Gasteiger partial charge is 0.264 e. The van der Waals surface area contributed by atoms with Crippen LogP contribution in [0.1, 0.15) is 39.4 Å². The second kappa shape index (κ2) is 10.3. The second-order valence-corrected chi connectivity index (χ2v) is 12.8. The fourth-order valence-corrected chi connectivity index (χ4v) is 5.94. The van der Waals surface area contributed by atoms with Crippen molar-refractivity contribution in [2.45, 2.75) is 50.5 Å². The number of hydrogen-bond donors (Lipinski definition) is 1. The molecule has 2 N–H and O–H groups in total. The average molecular weight is 528 g/mol. The van der Waals surface area contributed by atoms with Crippen molar-refractivity contribution in [3.8, 4) is 0 Å². The molecule has 1 amide bonds. The molecule has 1 aliphatic heterocycles. The number of carbonyl (C=O) groups excluding carboxylic acids is 1. The van der Waals surface area contributed by atoms with E-state index in [1.807, 2.05) is 18.2 Å². The largest absolute Gasteiger partial charge is 0.381 e. The van der Waals surface area contributed by atoms with E-state index in [9.17, 15) is 13.2 Å². The van der Waals surface area contributed by atoms with Gasteiger partial charge in [0.15, 0.2) is 0 Å². The number of imidazole rings is 1. The first kappa shape index (κ1) is 26.9. The molecule has 0 spiro atoms.